The first-order valence-corrected chi connectivity index (χ1v) is 24.3. The lowest BCUT2D eigenvalue weighted by atomic mass is 9.66. The molecule has 0 amide bonds. The van der Waals surface area contributed by atoms with E-state index >= 15 is 0 Å². The number of para-hydroxylation sites is 1. The lowest BCUT2D eigenvalue weighted by Gasteiger charge is -2.35. The van der Waals surface area contributed by atoms with Gasteiger partial charge in [0.05, 0.1) is 5.41 Å². The summed E-state index contributed by atoms with van der Waals surface area (Å²) in [5.74, 6) is 0. The van der Waals surface area contributed by atoms with Crippen molar-refractivity contribution in [1.82, 2.24) is 0 Å². The average Bonchev–Trinajstić information content (AvgIpc) is 3.97. The first-order chi connectivity index (χ1) is 34.8. The quantitative estimate of drug-likeness (QED) is 0.124. The van der Waals surface area contributed by atoms with E-state index in [1.54, 1.807) is 0 Å². The third-order valence-corrected chi connectivity index (χ3v) is 15.5. The third-order valence-electron chi connectivity index (χ3n) is 15.5. The van der Waals surface area contributed by atoms with E-state index < -0.39 is 5.41 Å². The fraction of sp³-hybridized carbons (Fsp3) is 0.0145. The summed E-state index contributed by atoms with van der Waals surface area (Å²) in [6.45, 7) is 0. The monoisotopic (exact) mass is 886 g/mol. The molecule has 0 bridgehead atoms. The zero-order chi connectivity index (χ0) is 45.9. The number of fused-ring (bicyclic) bond motifs is 15. The van der Waals surface area contributed by atoms with Crippen molar-refractivity contribution in [3.8, 4) is 44.5 Å². The Morgan fingerprint density at radius 3 is 1.23 bits per heavy atom. The van der Waals surface area contributed by atoms with Crippen LogP contribution < -0.4 is 0 Å². The summed E-state index contributed by atoms with van der Waals surface area (Å²) in [6.07, 6.45) is 0. The molecule has 0 aliphatic heterocycles. The van der Waals surface area contributed by atoms with Crippen LogP contribution in [0.5, 0.6) is 0 Å². The SMILES string of the molecule is c1ccc(C2(c3ccccc3)c3cc(-c4ccc(-c5c6ccccc6c(-c6ccc7oc8ccccc8c7c6)c6ccccc56)cc4)c4ccccc4c3-c3c2c2ccccc2c2ccccc32)cc1. The molecule has 15 rings (SSSR count). The van der Waals surface area contributed by atoms with E-state index in [9.17, 15) is 0 Å². The van der Waals surface area contributed by atoms with E-state index in [2.05, 4.69) is 249 Å². The fourth-order valence-electron chi connectivity index (χ4n) is 12.7. The molecule has 0 N–H and O–H groups in total. The normalized spacial score (nSPS) is 13.0. The van der Waals surface area contributed by atoms with Gasteiger partial charge < -0.3 is 4.42 Å². The number of rotatable bonds is 5. The molecule has 0 fully saturated rings. The van der Waals surface area contributed by atoms with Gasteiger partial charge in [0.25, 0.3) is 0 Å². The van der Waals surface area contributed by atoms with Crippen LogP contribution in [-0.4, -0.2) is 0 Å². The molecule has 324 valence electrons. The molecule has 0 spiro atoms. The third kappa shape index (κ3) is 5.38. The number of hydrogen-bond acceptors (Lipinski definition) is 1. The van der Waals surface area contributed by atoms with Gasteiger partial charge >= 0.3 is 0 Å². The van der Waals surface area contributed by atoms with E-state index in [1.807, 2.05) is 6.07 Å². The molecule has 70 heavy (non-hydrogen) atoms. The molecule has 0 atom stereocenters. The van der Waals surface area contributed by atoms with Crippen LogP contribution in [0.4, 0.5) is 0 Å². The molecular formula is C69H42O. The van der Waals surface area contributed by atoms with Gasteiger partial charge in [0.1, 0.15) is 11.2 Å². The van der Waals surface area contributed by atoms with Gasteiger partial charge in [-0.3, -0.25) is 0 Å². The zero-order valence-electron chi connectivity index (χ0n) is 38.2. The second-order valence-corrected chi connectivity index (χ2v) is 18.9. The van der Waals surface area contributed by atoms with Gasteiger partial charge in [0.2, 0.25) is 0 Å². The molecule has 1 heteroatoms. The van der Waals surface area contributed by atoms with Crippen molar-refractivity contribution in [1.29, 1.82) is 0 Å². The molecule has 13 aromatic carbocycles. The molecule has 1 aliphatic carbocycles. The van der Waals surface area contributed by atoms with Crippen molar-refractivity contribution in [3.63, 3.8) is 0 Å². The minimum Gasteiger partial charge on any atom is -0.456 e. The molecule has 0 unspecified atom stereocenters. The average molecular weight is 887 g/mol. The molecule has 0 saturated carbocycles. The number of hydrogen-bond donors (Lipinski definition) is 0. The smallest absolute Gasteiger partial charge is 0.135 e. The second-order valence-electron chi connectivity index (χ2n) is 18.9. The van der Waals surface area contributed by atoms with Crippen LogP contribution in [0.3, 0.4) is 0 Å². The van der Waals surface area contributed by atoms with Gasteiger partial charge in [-0.2, -0.15) is 0 Å². The van der Waals surface area contributed by atoms with E-state index in [1.165, 1.54) is 121 Å². The highest BCUT2D eigenvalue weighted by molar-refractivity contribution is 6.24. The molecule has 0 saturated heterocycles. The van der Waals surface area contributed by atoms with Crippen LogP contribution >= 0.6 is 0 Å². The molecule has 1 nitrogen and oxygen atoms in total. The summed E-state index contributed by atoms with van der Waals surface area (Å²) in [7, 11) is 0. The summed E-state index contributed by atoms with van der Waals surface area (Å²) >= 11 is 0. The lowest BCUT2D eigenvalue weighted by molar-refractivity contribution is 0.669. The Morgan fingerprint density at radius 1 is 0.243 bits per heavy atom. The molecule has 1 aliphatic rings. The molecule has 14 aromatic rings. The Labute approximate surface area is 405 Å². The molecule has 1 heterocycles. The van der Waals surface area contributed by atoms with E-state index in [0.717, 1.165) is 21.9 Å². The van der Waals surface area contributed by atoms with Crippen LogP contribution in [0.1, 0.15) is 22.3 Å². The summed E-state index contributed by atoms with van der Waals surface area (Å²) in [5.41, 5.74) is 16.3. The van der Waals surface area contributed by atoms with Crippen molar-refractivity contribution in [2.45, 2.75) is 5.41 Å². The zero-order valence-corrected chi connectivity index (χ0v) is 38.2. The maximum absolute atomic E-state index is 6.28. The Bertz CT molecular complexity index is 4350. The summed E-state index contributed by atoms with van der Waals surface area (Å²) in [5, 5.41) is 14.9. The predicted molar refractivity (Wildman–Crippen MR) is 295 cm³/mol. The molecule has 0 radical (unpaired) electrons. The fourth-order valence-corrected chi connectivity index (χ4v) is 12.7. The lowest BCUT2D eigenvalue weighted by Crippen LogP contribution is -2.29. The summed E-state index contributed by atoms with van der Waals surface area (Å²) in [6, 6.07) is 94.6. The topological polar surface area (TPSA) is 13.1 Å². The standard InChI is InChI=1S/C69H42O/c1-3-19-46(20-4-1)69(47-21-5-2-6-22-47)61-42-59(50-25-8-10-27-52(50)66(61)67-53-28-11-7-23-48(53)49-24-9-16-33-58(49)68(67)69)43-35-37-44(38-36-43)64-54-29-12-14-31-56(54)65(57-32-15-13-30-55(57)64)45-39-40-63-60(41-45)51-26-17-18-34-62(51)70-63/h1-42H. The highest BCUT2D eigenvalue weighted by atomic mass is 16.3. The summed E-state index contributed by atoms with van der Waals surface area (Å²) in [4.78, 5) is 0. The van der Waals surface area contributed by atoms with E-state index in [-0.39, 0.29) is 0 Å². The van der Waals surface area contributed by atoms with Gasteiger partial charge in [-0.15, -0.1) is 0 Å². The Balaban J connectivity index is 0.978. The van der Waals surface area contributed by atoms with E-state index in [0.29, 0.717) is 0 Å². The van der Waals surface area contributed by atoms with Crippen molar-refractivity contribution >= 4 is 75.8 Å². The van der Waals surface area contributed by atoms with E-state index in [4.69, 9.17) is 4.42 Å². The van der Waals surface area contributed by atoms with Crippen LogP contribution in [0, 0.1) is 0 Å². The molecule has 1 aromatic heterocycles. The first kappa shape index (κ1) is 39.0. The van der Waals surface area contributed by atoms with Crippen LogP contribution in [-0.2, 0) is 5.41 Å². The van der Waals surface area contributed by atoms with Crippen LogP contribution in [0.15, 0.2) is 259 Å². The minimum atomic E-state index is -0.607. The summed E-state index contributed by atoms with van der Waals surface area (Å²) < 4.78 is 6.28. The number of benzene rings is 13. The van der Waals surface area contributed by atoms with Gasteiger partial charge in [-0.1, -0.05) is 231 Å². The van der Waals surface area contributed by atoms with Crippen molar-refractivity contribution in [2.24, 2.45) is 0 Å². The van der Waals surface area contributed by atoms with Crippen LogP contribution in [0.2, 0.25) is 0 Å². The Morgan fingerprint density at radius 2 is 0.643 bits per heavy atom. The number of furan rings is 1. The Hall–Kier alpha value is -9.04. The second kappa shape index (κ2) is 15.0. The predicted octanol–water partition coefficient (Wildman–Crippen LogP) is 18.7. The maximum atomic E-state index is 6.28. The van der Waals surface area contributed by atoms with Crippen molar-refractivity contribution in [2.75, 3.05) is 0 Å². The van der Waals surface area contributed by atoms with Gasteiger partial charge in [0, 0.05) is 10.8 Å². The van der Waals surface area contributed by atoms with Crippen LogP contribution in [0.25, 0.3) is 120 Å². The maximum Gasteiger partial charge on any atom is 0.135 e. The largest absolute Gasteiger partial charge is 0.456 e. The molecular weight excluding hydrogens is 845 g/mol. The van der Waals surface area contributed by atoms with Gasteiger partial charge in [0.15, 0.2) is 0 Å². The highest BCUT2D eigenvalue weighted by Crippen LogP contribution is 2.62. The van der Waals surface area contributed by atoms with Crippen molar-refractivity contribution in [3.05, 3.63) is 277 Å². The Kier molecular flexibility index (Phi) is 8.35. The van der Waals surface area contributed by atoms with Gasteiger partial charge in [-0.05, 0) is 145 Å². The van der Waals surface area contributed by atoms with Crippen molar-refractivity contribution < 1.29 is 4.42 Å². The van der Waals surface area contributed by atoms with Gasteiger partial charge in [-0.25, -0.2) is 0 Å². The highest BCUT2D eigenvalue weighted by Gasteiger charge is 2.49. The minimum absolute atomic E-state index is 0.607. The first-order valence-electron chi connectivity index (χ1n) is 24.3.